The molecule has 5 nitrogen and oxygen atoms in total. The van der Waals surface area contributed by atoms with E-state index in [1.165, 1.54) is 12.8 Å². The molecule has 1 aromatic heterocycles. The minimum Gasteiger partial charge on any atom is -0.423 e. The van der Waals surface area contributed by atoms with E-state index in [0.717, 1.165) is 12.8 Å². The fraction of sp³-hybridized carbons (Fsp3) is 0.818. The van der Waals surface area contributed by atoms with Crippen molar-refractivity contribution in [2.45, 2.75) is 45.3 Å². The maximum atomic E-state index is 5.77. The van der Waals surface area contributed by atoms with Crippen LogP contribution < -0.4 is 5.73 Å². The molecule has 1 aliphatic rings. The number of hydrogen-bond donors (Lipinski definition) is 1. The zero-order valence-corrected chi connectivity index (χ0v) is 9.69. The Balaban J connectivity index is 1.82. The minimum atomic E-state index is 0.266. The topological polar surface area (TPSA) is 74.2 Å². The molecule has 0 bridgehead atoms. The molecule has 5 heteroatoms. The van der Waals surface area contributed by atoms with E-state index in [2.05, 4.69) is 10.2 Å². The summed E-state index contributed by atoms with van der Waals surface area (Å²) in [7, 11) is 0. The van der Waals surface area contributed by atoms with Crippen molar-refractivity contribution in [2.75, 3.05) is 6.54 Å². The van der Waals surface area contributed by atoms with Gasteiger partial charge in [0.1, 0.15) is 6.61 Å². The van der Waals surface area contributed by atoms with Gasteiger partial charge in [0.2, 0.25) is 11.8 Å². The van der Waals surface area contributed by atoms with Crippen molar-refractivity contribution in [1.82, 2.24) is 10.2 Å². The molecule has 1 heterocycles. The molecule has 1 fully saturated rings. The quantitative estimate of drug-likeness (QED) is 0.817. The van der Waals surface area contributed by atoms with Crippen LogP contribution in [0.25, 0.3) is 0 Å². The summed E-state index contributed by atoms with van der Waals surface area (Å²) < 4.78 is 11.2. The predicted octanol–water partition coefficient (Wildman–Crippen LogP) is 1.28. The molecule has 0 aliphatic heterocycles. The number of nitrogens with zero attached hydrogens (tertiary/aromatic N) is 2. The van der Waals surface area contributed by atoms with Gasteiger partial charge in [0, 0.05) is 6.42 Å². The molecule has 0 saturated heterocycles. The lowest BCUT2D eigenvalue weighted by atomic mass is 10.1. The van der Waals surface area contributed by atoms with Crippen molar-refractivity contribution >= 4 is 0 Å². The smallest absolute Gasteiger partial charge is 0.242 e. The molecule has 0 radical (unpaired) electrons. The van der Waals surface area contributed by atoms with E-state index < -0.39 is 0 Å². The summed E-state index contributed by atoms with van der Waals surface area (Å²) in [4.78, 5) is 0. The molecule has 2 rings (SSSR count). The van der Waals surface area contributed by atoms with Crippen LogP contribution in [-0.2, 0) is 17.8 Å². The Morgan fingerprint density at radius 1 is 1.38 bits per heavy atom. The maximum absolute atomic E-state index is 5.77. The summed E-state index contributed by atoms with van der Waals surface area (Å²) in [5, 5.41) is 7.82. The average Bonchev–Trinajstić information content (AvgIpc) is 2.94. The van der Waals surface area contributed by atoms with Crippen LogP contribution in [0.1, 0.15) is 38.0 Å². The van der Waals surface area contributed by atoms with Crippen molar-refractivity contribution in [3.05, 3.63) is 11.8 Å². The summed E-state index contributed by atoms with van der Waals surface area (Å²) >= 11 is 0. The highest BCUT2D eigenvalue weighted by Gasteiger charge is 2.27. The van der Waals surface area contributed by atoms with Crippen molar-refractivity contribution in [3.8, 4) is 0 Å². The molecule has 1 aromatic rings. The first-order chi connectivity index (χ1) is 7.83. The SMILES string of the molecule is CCc1nnc(COC2CCCC2CN)o1. The van der Waals surface area contributed by atoms with E-state index in [0.29, 0.717) is 30.9 Å². The van der Waals surface area contributed by atoms with E-state index in [4.69, 9.17) is 14.9 Å². The molecule has 1 saturated carbocycles. The lowest BCUT2D eigenvalue weighted by Crippen LogP contribution is -2.25. The lowest BCUT2D eigenvalue weighted by Gasteiger charge is -2.17. The average molecular weight is 225 g/mol. The molecule has 0 aromatic carbocycles. The standard InChI is InChI=1S/C11H19N3O2/c1-2-10-13-14-11(16-10)7-15-9-5-3-4-8(9)6-12/h8-9H,2-7,12H2,1H3. The van der Waals surface area contributed by atoms with Crippen LogP contribution in [0.2, 0.25) is 0 Å². The molecule has 90 valence electrons. The van der Waals surface area contributed by atoms with Gasteiger partial charge in [0.25, 0.3) is 0 Å². The Labute approximate surface area is 95.4 Å². The Bertz CT molecular complexity index is 327. The Kier molecular flexibility index (Phi) is 3.90. The molecular formula is C11H19N3O2. The fourth-order valence-corrected chi connectivity index (χ4v) is 2.16. The first-order valence-electron chi connectivity index (χ1n) is 5.96. The fourth-order valence-electron chi connectivity index (χ4n) is 2.16. The molecule has 16 heavy (non-hydrogen) atoms. The summed E-state index contributed by atoms with van der Waals surface area (Å²) in [5.41, 5.74) is 5.69. The zero-order chi connectivity index (χ0) is 11.4. The molecular weight excluding hydrogens is 206 g/mol. The van der Waals surface area contributed by atoms with Gasteiger partial charge in [-0.05, 0) is 25.3 Å². The molecule has 1 aliphatic carbocycles. The van der Waals surface area contributed by atoms with E-state index in [-0.39, 0.29) is 6.10 Å². The van der Waals surface area contributed by atoms with Crippen LogP contribution in [0.4, 0.5) is 0 Å². The van der Waals surface area contributed by atoms with E-state index >= 15 is 0 Å². The van der Waals surface area contributed by atoms with E-state index in [1.807, 2.05) is 6.92 Å². The second kappa shape index (κ2) is 5.41. The number of nitrogens with two attached hydrogens (primary N) is 1. The highest BCUT2D eigenvalue weighted by atomic mass is 16.5. The van der Waals surface area contributed by atoms with Crippen molar-refractivity contribution in [1.29, 1.82) is 0 Å². The van der Waals surface area contributed by atoms with Crippen molar-refractivity contribution in [3.63, 3.8) is 0 Å². The second-order valence-electron chi connectivity index (χ2n) is 4.22. The normalized spacial score (nSPS) is 25.1. The van der Waals surface area contributed by atoms with Gasteiger partial charge in [0.15, 0.2) is 0 Å². The first kappa shape index (κ1) is 11.5. The summed E-state index contributed by atoms with van der Waals surface area (Å²) in [6, 6.07) is 0. The van der Waals surface area contributed by atoms with Gasteiger partial charge in [-0.15, -0.1) is 10.2 Å². The maximum Gasteiger partial charge on any atom is 0.242 e. The molecule has 0 amide bonds. The Morgan fingerprint density at radius 2 is 2.19 bits per heavy atom. The third-order valence-corrected chi connectivity index (χ3v) is 3.12. The van der Waals surface area contributed by atoms with Crippen LogP contribution in [0.15, 0.2) is 4.42 Å². The highest BCUT2D eigenvalue weighted by Crippen LogP contribution is 2.27. The Morgan fingerprint density at radius 3 is 2.88 bits per heavy atom. The monoisotopic (exact) mass is 225 g/mol. The van der Waals surface area contributed by atoms with Gasteiger partial charge in [-0.3, -0.25) is 0 Å². The minimum absolute atomic E-state index is 0.266. The third kappa shape index (κ3) is 2.59. The van der Waals surface area contributed by atoms with Gasteiger partial charge >= 0.3 is 0 Å². The second-order valence-corrected chi connectivity index (χ2v) is 4.22. The number of aryl methyl sites for hydroxylation is 1. The Hall–Kier alpha value is -0.940. The summed E-state index contributed by atoms with van der Waals surface area (Å²) in [6.45, 7) is 3.10. The highest BCUT2D eigenvalue weighted by molar-refractivity contribution is 4.82. The lowest BCUT2D eigenvalue weighted by molar-refractivity contribution is 0.00738. The van der Waals surface area contributed by atoms with Gasteiger partial charge in [-0.1, -0.05) is 13.3 Å². The van der Waals surface area contributed by atoms with Gasteiger partial charge in [-0.2, -0.15) is 0 Å². The third-order valence-electron chi connectivity index (χ3n) is 3.12. The zero-order valence-electron chi connectivity index (χ0n) is 9.69. The summed E-state index contributed by atoms with van der Waals surface area (Å²) in [6.07, 6.45) is 4.50. The van der Waals surface area contributed by atoms with E-state index in [1.54, 1.807) is 0 Å². The van der Waals surface area contributed by atoms with Crippen LogP contribution in [0.5, 0.6) is 0 Å². The van der Waals surface area contributed by atoms with Gasteiger partial charge < -0.3 is 14.9 Å². The molecule has 2 N–H and O–H groups in total. The summed E-state index contributed by atoms with van der Waals surface area (Å²) in [5.74, 6) is 1.73. The molecule has 2 atom stereocenters. The van der Waals surface area contributed by atoms with Crippen LogP contribution >= 0.6 is 0 Å². The number of ether oxygens (including phenoxy) is 1. The number of rotatable bonds is 5. The first-order valence-corrected chi connectivity index (χ1v) is 5.96. The number of aromatic nitrogens is 2. The van der Waals surface area contributed by atoms with Crippen molar-refractivity contribution in [2.24, 2.45) is 11.7 Å². The van der Waals surface area contributed by atoms with Crippen molar-refractivity contribution < 1.29 is 9.15 Å². The number of hydrogen-bond acceptors (Lipinski definition) is 5. The van der Waals surface area contributed by atoms with E-state index in [9.17, 15) is 0 Å². The van der Waals surface area contributed by atoms with Gasteiger partial charge in [-0.25, -0.2) is 0 Å². The van der Waals surface area contributed by atoms with Crippen LogP contribution in [-0.4, -0.2) is 22.8 Å². The largest absolute Gasteiger partial charge is 0.423 e. The molecule has 2 unspecified atom stereocenters. The molecule has 0 spiro atoms. The van der Waals surface area contributed by atoms with Gasteiger partial charge in [0.05, 0.1) is 6.10 Å². The predicted molar refractivity (Wildman–Crippen MR) is 58.6 cm³/mol. The van der Waals surface area contributed by atoms with Crippen LogP contribution in [0.3, 0.4) is 0 Å². The van der Waals surface area contributed by atoms with Crippen LogP contribution in [0, 0.1) is 5.92 Å².